The number of anilines is 1. The zero-order valence-electron chi connectivity index (χ0n) is 18.1. The molecule has 0 aliphatic carbocycles. The van der Waals surface area contributed by atoms with E-state index in [2.05, 4.69) is 10.6 Å². The minimum Gasteiger partial charge on any atom is -0.457 e. The summed E-state index contributed by atoms with van der Waals surface area (Å²) in [6.07, 6.45) is -1.24. The number of rotatable bonds is 9. The van der Waals surface area contributed by atoms with Gasteiger partial charge in [-0.15, -0.1) is 0 Å². The van der Waals surface area contributed by atoms with Crippen molar-refractivity contribution in [1.82, 2.24) is 5.32 Å². The van der Waals surface area contributed by atoms with Gasteiger partial charge < -0.3 is 20.1 Å². The molecule has 0 aliphatic heterocycles. The number of hydrogen-bond donors (Lipinski definition) is 2. The molecule has 0 heterocycles. The molecule has 0 bridgehead atoms. The second-order valence-electron chi connectivity index (χ2n) is 7.02. The molecule has 0 aromatic heterocycles. The van der Waals surface area contributed by atoms with Crippen molar-refractivity contribution in [3.63, 3.8) is 0 Å². The van der Waals surface area contributed by atoms with Crippen LogP contribution in [-0.4, -0.2) is 35.4 Å². The number of carbonyl (C=O) groups is 3. The van der Waals surface area contributed by atoms with Crippen LogP contribution in [0.5, 0.6) is 11.5 Å². The van der Waals surface area contributed by atoms with Crippen molar-refractivity contribution in [3.05, 3.63) is 94.5 Å². The van der Waals surface area contributed by atoms with E-state index in [0.29, 0.717) is 17.1 Å². The fourth-order valence-corrected chi connectivity index (χ4v) is 2.82. The third kappa shape index (κ3) is 6.63. The molecule has 0 fully saturated rings. The SMILES string of the molecule is CC(OC(=O)CNC(=O)c1ccc(Oc2ccccc2)cc1)C(=O)Nc1ccccc1[N+](=O)[O-]. The van der Waals surface area contributed by atoms with E-state index in [1.54, 1.807) is 36.4 Å². The lowest BCUT2D eigenvalue weighted by atomic mass is 10.2. The Kier molecular flexibility index (Phi) is 7.90. The smallest absolute Gasteiger partial charge is 0.326 e. The van der Waals surface area contributed by atoms with E-state index in [-0.39, 0.29) is 11.4 Å². The van der Waals surface area contributed by atoms with Crippen molar-refractivity contribution >= 4 is 29.2 Å². The molecule has 3 aromatic rings. The van der Waals surface area contributed by atoms with E-state index >= 15 is 0 Å². The highest BCUT2D eigenvalue weighted by Gasteiger charge is 2.22. The number of nitrogens with zero attached hydrogens (tertiary/aromatic N) is 1. The van der Waals surface area contributed by atoms with E-state index in [0.717, 1.165) is 0 Å². The Balaban J connectivity index is 1.47. The summed E-state index contributed by atoms with van der Waals surface area (Å²) in [5, 5.41) is 15.8. The van der Waals surface area contributed by atoms with Gasteiger partial charge in [0.15, 0.2) is 6.10 Å². The van der Waals surface area contributed by atoms with E-state index in [1.165, 1.54) is 31.2 Å². The zero-order valence-corrected chi connectivity index (χ0v) is 18.1. The molecule has 0 saturated carbocycles. The molecule has 34 heavy (non-hydrogen) atoms. The lowest BCUT2D eigenvalue weighted by Crippen LogP contribution is -2.35. The molecule has 0 spiro atoms. The Morgan fingerprint density at radius 3 is 2.21 bits per heavy atom. The van der Waals surface area contributed by atoms with Crippen LogP contribution in [0, 0.1) is 10.1 Å². The average molecular weight is 463 g/mol. The summed E-state index contributed by atoms with van der Waals surface area (Å²) in [6, 6.07) is 21.1. The summed E-state index contributed by atoms with van der Waals surface area (Å²) < 4.78 is 10.7. The lowest BCUT2D eigenvalue weighted by Gasteiger charge is -2.14. The van der Waals surface area contributed by atoms with Gasteiger partial charge in [-0.05, 0) is 49.4 Å². The summed E-state index contributed by atoms with van der Waals surface area (Å²) in [5.74, 6) is -0.908. The van der Waals surface area contributed by atoms with Crippen LogP contribution in [0.2, 0.25) is 0 Å². The first-order valence-electron chi connectivity index (χ1n) is 10.2. The average Bonchev–Trinajstić information content (AvgIpc) is 2.83. The number of carbonyl (C=O) groups excluding carboxylic acids is 3. The zero-order chi connectivity index (χ0) is 24.5. The molecular weight excluding hydrogens is 442 g/mol. The predicted octanol–water partition coefficient (Wildman–Crippen LogP) is 3.69. The van der Waals surface area contributed by atoms with Crippen molar-refractivity contribution in [2.24, 2.45) is 0 Å². The van der Waals surface area contributed by atoms with Gasteiger partial charge in [0.1, 0.15) is 23.7 Å². The number of nitrogens with one attached hydrogen (secondary N) is 2. The maximum absolute atomic E-state index is 12.3. The van der Waals surface area contributed by atoms with E-state index in [4.69, 9.17) is 9.47 Å². The molecule has 1 unspecified atom stereocenters. The van der Waals surface area contributed by atoms with Crippen molar-refractivity contribution in [2.45, 2.75) is 13.0 Å². The van der Waals surface area contributed by atoms with Gasteiger partial charge in [0.05, 0.1) is 4.92 Å². The summed E-state index contributed by atoms with van der Waals surface area (Å²) in [4.78, 5) is 46.9. The summed E-state index contributed by atoms with van der Waals surface area (Å²) in [7, 11) is 0. The Hall–Kier alpha value is -4.73. The Bertz CT molecular complexity index is 1180. The quantitative estimate of drug-likeness (QED) is 0.280. The number of esters is 1. The largest absolute Gasteiger partial charge is 0.457 e. The topological polar surface area (TPSA) is 137 Å². The van der Waals surface area contributed by atoms with E-state index < -0.39 is 35.4 Å². The number of amides is 2. The number of hydrogen-bond acceptors (Lipinski definition) is 7. The highest BCUT2D eigenvalue weighted by molar-refractivity contribution is 5.98. The number of ether oxygens (including phenoxy) is 2. The normalized spacial score (nSPS) is 11.1. The van der Waals surface area contributed by atoms with Gasteiger partial charge in [-0.2, -0.15) is 0 Å². The van der Waals surface area contributed by atoms with Gasteiger partial charge in [0, 0.05) is 11.6 Å². The molecule has 1 atom stereocenters. The van der Waals surface area contributed by atoms with Gasteiger partial charge in [-0.25, -0.2) is 0 Å². The van der Waals surface area contributed by atoms with Gasteiger partial charge in [-0.1, -0.05) is 30.3 Å². The monoisotopic (exact) mass is 463 g/mol. The molecular formula is C24H21N3O7. The molecule has 3 rings (SSSR count). The minimum atomic E-state index is -1.24. The van der Waals surface area contributed by atoms with Crippen molar-refractivity contribution in [3.8, 4) is 11.5 Å². The van der Waals surface area contributed by atoms with E-state index in [1.807, 2.05) is 18.2 Å². The van der Waals surface area contributed by atoms with Crippen molar-refractivity contribution < 1.29 is 28.8 Å². The van der Waals surface area contributed by atoms with Crippen LogP contribution in [-0.2, 0) is 14.3 Å². The van der Waals surface area contributed by atoms with Crippen LogP contribution < -0.4 is 15.4 Å². The molecule has 0 saturated heterocycles. The van der Waals surface area contributed by atoms with Crippen molar-refractivity contribution in [1.29, 1.82) is 0 Å². The first-order valence-corrected chi connectivity index (χ1v) is 10.2. The maximum atomic E-state index is 12.3. The molecule has 2 N–H and O–H groups in total. The predicted molar refractivity (Wildman–Crippen MR) is 123 cm³/mol. The fourth-order valence-electron chi connectivity index (χ4n) is 2.82. The molecule has 3 aromatic carbocycles. The molecule has 174 valence electrons. The van der Waals surface area contributed by atoms with Crippen molar-refractivity contribution in [2.75, 3.05) is 11.9 Å². The number of benzene rings is 3. The maximum Gasteiger partial charge on any atom is 0.326 e. The number of nitro groups is 1. The first kappa shape index (κ1) is 23.9. The van der Waals surface area contributed by atoms with Crippen LogP contribution in [0.15, 0.2) is 78.9 Å². The molecule has 10 heteroatoms. The Labute approximate surface area is 194 Å². The molecule has 0 radical (unpaired) electrons. The second-order valence-corrected chi connectivity index (χ2v) is 7.02. The highest BCUT2D eigenvalue weighted by atomic mass is 16.6. The third-order valence-corrected chi connectivity index (χ3v) is 4.52. The Morgan fingerprint density at radius 2 is 1.53 bits per heavy atom. The second kappa shape index (κ2) is 11.2. The van der Waals surface area contributed by atoms with Crippen LogP contribution in [0.1, 0.15) is 17.3 Å². The van der Waals surface area contributed by atoms with Gasteiger partial charge in [0.25, 0.3) is 17.5 Å². The molecule has 10 nitrogen and oxygen atoms in total. The standard InChI is InChI=1S/C24H21N3O7/c1-16(23(29)26-20-9-5-6-10-21(20)27(31)32)33-22(28)15-25-24(30)17-11-13-19(14-12-17)34-18-7-3-2-4-8-18/h2-14,16H,15H2,1H3,(H,25,30)(H,26,29). The lowest BCUT2D eigenvalue weighted by molar-refractivity contribution is -0.383. The summed E-state index contributed by atoms with van der Waals surface area (Å²) in [6.45, 7) is 0.847. The molecule has 0 aliphatic rings. The van der Waals surface area contributed by atoms with Crippen LogP contribution in [0.3, 0.4) is 0 Å². The first-order chi connectivity index (χ1) is 16.3. The summed E-state index contributed by atoms with van der Waals surface area (Å²) in [5.41, 5.74) is -0.00869. The van der Waals surface area contributed by atoms with Gasteiger partial charge >= 0.3 is 5.97 Å². The number of para-hydroxylation sites is 3. The van der Waals surface area contributed by atoms with Crippen LogP contribution in [0.25, 0.3) is 0 Å². The van der Waals surface area contributed by atoms with Gasteiger partial charge in [-0.3, -0.25) is 24.5 Å². The summed E-state index contributed by atoms with van der Waals surface area (Å²) >= 11 is 0. The third-order valence-electron chi connectivity index (χ3n) is 4.52. The fraction of sp³-hybridized carbons (Fsp3) is 0.125. The van der Waals surface area contributed by atoms with E-state index in [9.17, 15) is 24.5 Å². The van der Waals surface area contributed by atoms with Crippen LogP contribution in [0.4, 0.5) is 11.4 Å². The minimum absolute atomic E-state index is 0.0200. The highest BCUT2D eigenvalue weighted by Crippen LogP contribution is 2.23. The number of nitro benzene ring substituents is 1. The Morgan fingerprint density at radius 1 is 0.912 bits per heavy atom. The molecule has 2 amide bonds. The van der Waals surface area contributed by atoms with Gasteiger partial charge in [0.2, 0.25) is 0 Å². The van der Waals surface area contributed by atoms with Crippen LogP contribution >= 0.6 is 0 Å².